The zero-order chi connectivity index (χ0) is 15.4. The standard InChI is InChI=1S/C18H20N2O2/c1-14-16(9-5-11-19-14)17-10-6-12-20(17)18(21)22-13-15-7-3-2-4-8-15/h2-5,7-9,11,17H,6,10,12-13H2,1H3/t17-/m0/s1. The molecule has 0 N–H and O–H groups in total. The highest BCUT2D eigenvalue weighted by Gasteiger charge is 2.32. The van der Waals surface area contributed by atoms with Gasteiger partial charge in [0.1, 0.15) is 6.61 Å². The van der Waals surface area contributed by atoms with Crippen molar-refractivity contribution >= 4 is 6.09 Å². The summed E-state index contributed by atoms with van der Waals surface area (Å²) >= 11 is 0. The number of aryl methyl sites for hydroxylation is 1. The molecule has 0 aliphatic carbocycles. The highest BCUT2D eigenvalue weighted by atomic mass is 16.6. The maximum atomic E-state index is 12.4. The summed E-state index contributed by atoms with van der Waals surface area (Å²) < 4.78 is 5.47. The molecule has 114 valence electrons. The average Bonchev–Trinajstić information content (AvgIpc) is 3.03. The first kappa shape index (κ1) is 14.6. The maximum Gasteiger partial charge on any atom is 0.410 e. The van der Waals surface area contributed by atoms with Gasteiger partial charge in [-0.25, -0.2) is 4.79 Å². The second kappa shape index (κ2) is 6.60. The molecule has 1 fully saturated rings. The van der Waals surface area contributed by atoms with E-state index in [0.717, 1.165) is 36.2 Å². The molecule has 0 radical (unpaired) electrons. The van der Waals surface area contributed by atoms with Crippen LogP contribution in [0.1, 0.15) is 35.7 Å². The van der Waals surface area contributed by atoms with Crippen molar-refractivity contribution in [2.24, 2.45) is 0 Å². The van der Waals surface area contributed by atoms with Crippen LogP contribution in [0.5, 0.6) is 0 Å². The van der Waals surface area contributed by atoms with Gasteiger partial charge in [0.2, 0.25) is 0 Å². The number of hydrogen-bond donors (Lipinski definition) is 0. The van der Waals surface area contributed by atoms with Gasteiger partial charge in [-0.3, -0.25) is 4.98 Å². The van der Waals surface area contributed by atoms with Gasteiger partial charge in [0, 0.05) is 18.4 Å². The minimum absolute atomic E-state index is 0.0805. The summed E-state index contributed by atoms with van der Waals surface area (Å²) in [6.07, 6.45) is 3.51. The Hall–Kier alpha value is -2.36. The molecule has 0 spiro atoms. The second-order valence-electron chi connectivity index (χ2n) is 5.57. The Morgan fingerprint density at radius 1 is 1.27 bits per heavy atom. The summed E-state index contributed by atoms with van der Waals surface area (Å²) in [5.74, 6) is 0. The monoisotopic (exact) mass is 296 g/mol. The first-order chi connectivity index (χ1) is 10.8. The highest BCUT2D eigenvalue weighted by molar-refractivity contribution is 5.69. The molecule has 4 heteroatoms. The smallest absolute Gasteiger partial charge is 0.410 e. The normalized spacial score (nSPS) is 17.5. The van der Waals surface area contributed by atoms with Crippen molar-refractivity contribution in [3.63, 3.8) is 0 Å². The largest absolute Gasteiger partial charge is 0.445 e. The van der Waals surface area contributed by atoms with Crippen molar-refractivity contribution in [2.45, 2.75) is 32.4 Å². The number of carbonyl (C=O) groups is 1. The highest BCUT2D eigenvalue weighted by Crippen LogP contribution is 2.33. The van der Waals surface area contributed by atoms with Crippen LogP contribution in [0.15, 0.2) is 48.7 Å². The van der Waals surface area contributed by atoms with Crippen LogP contribution in [-0.2, 0) is 11.3 Å². The zero-order valence-corrected chi connectivity index (χ0v) is 12.7. The van der Waals surface area contributed by atoms with E-state index in [2.05, 4.69) is 11.1 Å². The number of rotatable bonds is 3. The van der Waals surface area contributed by atoms with E-state index in [1.54, 1.807) is 6.20 Å². The molecule has 4 nitrogen and oxygen atoms in total. The van der Waals surface area contributed by atoms with E-state index in [4.69, 9.17) is 4.74 Å². The van der Waals surface area contributed by atoms with Gasteiger partial charge in [0.15, 0.2) is 0 Å². The van der Waals surface area contributed by atoms with Crippen molar-refractivity contribution in [1.82, 2.24) is 9.88 Å². The third-order valence-corrected chi connectivity index (χ3v) is 4.10. The van der Waals surface area contributed by atoms with Gasteiger partial charge in [-0.05, 0) is 37.0 Å². The van der Waals surface area contributed by atoms with E-state index in [-0.39, 0.29) is 12.1 Å². The van der Waals surface area contributed by atoms with Gasteiger partial charge in [-0.15, -0.1) is 0 Å². The number of amides is 1. The number of pyridine rings is 1. The molecular formula is C18H20N2O2. The topological polar surface area (TPSA) is 42.4 Å². The lowest BCUT2D eigenvalue weighted by Crippen LogP contribution is -2.31. The molecule has 3 rings (SSSR count). The van der Waals surface area contributed by atoms with Crippen LogP contribution in [0, 0.1) is 6.92 Å². The predicted molar refractivity (Wildman–Crippen MR) is 84.3 cm³/mol. The maximum absolute atomic E-state index is 12.4. The first-order valence-corrected chi connectivity index (χ1v) is 7.64. The molecule has 1 aromatic heterocycles. The number of benzene rings is 1. The Balaban J connectivity index is 1.68. The quantitative estimate of drug-likeness (QED) is 0.863. The number of aromatic nitrogens is 1. The molecule has 0 bridgehead atoms. The molecule has 1 amide bonds. The summed E-state index contributed by atoms with van der Waals surface area (Å²) in [7, 11) is 0. The summed E-state index contributed by atoms with van der Waals surface area (Å²) in [5, 5.41) is 0. The minimum Gasteiger partial charge on any atom is -0.445 e. The van der Waals surface area contributed by atoms with Gasteiger partial charge in [0.25, 0.3) is 0 Å². The average molecular weight is 296 g/mol. The van der Waals surface area contributed by atoms with Crippen molar-refractivity contribution in [3.05, 3.63) is 65.5 Å². The molecule has 1 aromatic carbocycles. The van der Waals surface area contributed by atoms with Gasteiger partial charge >= 0.3 is 6.09 Å². The Morgan fingerprint density at radius 3 is 2.86 bits per heavy atom. The lowest BCUT2D eigenvalue weighted by Gasteiger charge is -2.25. The molecule has 22 heavy (non-hydrogen) atoms. The third kappa shape index (κ3) is 3.11. The summed E-state index contributed by atoms with van der Waals surface area (Å²) in [6.45, 7) is 3.04. The van der Waals surface area contributed by atoms with Crippen LogP contribution in [0.2, 0.25) is 0 Å². The van der Waals surface area contributed by atoms with Gasteiger partial charge in [-0.1, -0.05) is 36.4 Å². The molecule has 1 aliphatic heterocycles. The fourth-order valence-corrected chi connectivity index (χ4v) is 2.96. The number of carbonyl (C=O) groups excluding carboxylic acids is 1. The van der Waals surface area contributed by atoms with E-state index >= 15 is 0 Å². The minimum atomic E-state index is -0.241. The number of hydrogen-bond acceptors (Lipinski definition) is 3. The molecule has 2 aromatic rings. The lowest BCUT2D eigenvalue weighted by molar-refractivity contribution is 0.0919. The SMILES string of the molecule is Cc1ncccc1[C@@H]1CCCN1C(=O)OCc1ccccc1. The van der Waals surface area contributed by atoms with Gasteiger partial charge in [-0.2, -0.15) is 0 Å². The van der Waals surface area contributed by atoms with E-state index in [1.807, 2.05) is 48.2 Å². The Kier molecular flexibility index (Phi) is 4.37. The molecule has 1 atom stereocenters. The van der Waals surface area contributed by atoms with Crippen molar-refractivity contribution in [1.29, 1.82) is 0 Å². The van der Waals surface area contributed by atoms with E-state index < -0.39 is 0 Å². The van der Waals surface area contributed by atoms with E-state index in [1.165, 1.54) is 0 Å². The number of ether oxygens (including phenoxy) is 1. The molecule has 1 saturated heterocycles. The number of nitrogens with zero attached hydrogens (tertiary/aromatic N) is 2. The number of likely N-dealkylation sites (tertiary alicyclic amines) is 1. The lowest BCUT2D eigenvalue weighted by atomic mass is 10.0. The fourth-order valence-electron chi connectivity index (χ4n) is 2.96. The van der Waals surface area contributed by atoms with Crippen molar-refractivity contribution in [2.75, 3.05) is 6.54 Å². The van der Waals surface area contributed by atoms with Crippen LogP contribution >= 0.6 is 0 Å². The van der Waals surface area contributed by atoms with Crippen LogP contribution in [0.25, 0.3) is 0 Å². The Labute approximate surface area is 130 Å². The predicted octanol–water partition coefficient (Wildman–Crippen LogP) is 3.86. The third-order valence-electron chi connectivity index (χ3n) is 4.10. The summed E-state index contributed by atoms with van der Waals surface area (Å²) in [5.41, 5.74) is 3.11. The zero-order valence-electron chi connectivity index (χ0n) is 12.7. The van der Waals surface area contributed by atoms with Crippen molar-refractivity contribution < 1.29 is 9.53 Å². The van der Waals surface area contributed by atoms with Gasteiger partial charge in [0.05, 0.1) is 6.04 Å². The summed E-state index contributed by atoms with van der Waals surface area (Å²) in [4.78, 5) is 18.6. The first-order valence-electron chi connectivity index (χ1n) is 7.64. The van der Waals surface area contributed by atoms with Gasteiger partial charge < -0.3 is 9.64 Å². The van der Waals surface area contributed by atoms with Crippen LogP contribution < -0.4 is 0 Å². The summed E-state index contributed by atoms with van der Waals surface area (Å²) in [6, 6.07) is 13.8. The second-order valence-corrected chi connectivity index (χ2v) is 5.57. The van der Waals surface area contributed by atoms with Crippen LogP contribution in [0.3, 0.4) is 0 Å². The van der Waals surface area contributed by atoms with Crippen LogP contribution in [0.4, 0.5) is 4.79 Å². The van der Waals surface area contributed by atoms with E-state index in [0.29, 0.717) is 6.61 Å². The Bertz CT molecular complexity index is 643. The van der Waals surface area contributed by atoms with E-state index in [9.17, 15) is 4.79 Å². The molecule has 0 unspecified atom stereocenters. The molecule has 2 heterocycles. The fraction of sp³-hybridized carbons (Fsp3) is 0.333. The Morgan fingerprint density at radius 2 is 2.09 bits per heavy atom. The molecule has 0 saturated carbocycles. The molecular weight excluding hydrogens is 276 g/mol. The van der Waals surface area contributed by atoms with Crippen LogP contribution in [-0.4, -0.2) is 22.5 Å². The molecule has 1 aliphatic rings. The van der Waals surface area contributed by atoms with Crippen molar-refractivity contribution in [3.8, 4) is 0 Å².